The molecule has 0 bridgehead atoms. The van der Waals surface area contributed by atoms with Crippen LogP contribution in [-0.4, -0.2) is 18.4 Å². The monoisotopic (exact) mass is 308 g/mol. The molecule has 0 aromatic heterocycles. The molecule has 2 unspecified atom stereocenters. The van der Waals surface area contributed by atoms with E-state index in [2.05, 4.69) is 10.6 Å². The lowest BCUT2D eigenvalue weighted by Crippen LogP contribution is -2.32. The number of hydrogen-bond donors (Lipinski definition) is 2. The van der Waals surface area contributed by atoms with E-state index >= 15 is 0 Å². The third-order valence-electron chi connectivity index (χ3n) is 4.37. The lowest BCUT2D eigenvalue weighted by molar-refractivity contribution is -0.130. The van der Waals surface area contributed by atoms with Crippen LogP contribution in [0.3, 0.4) is 0 Å². The predicted octanol–water partition coefficient (Wildman–Crippen LogP) is 2.77. The molecule has 118 valence electrons. The maximum atomic E-state index is 12.7. The summed E-state index contributed by atoms with van der Waals surface area (Å²) >= 11 is 0. The van der Waals surface area contributed by atoms with Crippen LogP contribution >= 0.6 is 0 Å². The van der Waals surface area contributed by atoms with Crippen molar-refractivity contribution in [3.8, 4) is 0 Å². The molecule has 0 aliphatic carbocycles. The zero-order chi connectivity index (χ0) is 16.4. The molecule has 1 fully saturated rings. The van der Waals surface area contributed by atoms with E-state index < -0.39 is 5.92 Å². The minimum Gasteiger partial charge on any atom is -0.355 e. The summed E-state index contributed by atoms with van der Waals surface area (Å²) < 4.78 is 0. The van der Waals surface area contributed by atoms with Gasteiger partial charge in [0.2, 0.25) is 11.8 Å². The van der Waals surface area contributed by atoms with E-state index in [4.69, 9.17) is 0 Å². The van der Waals surface area contributed by atoms with Crippen LogP contribution in [0.15, 0.2) is 48.5 Å². The van der Waals surface area contributed by atoms with E-state index in [-0.39, 0.29) is 17.7 Å². The number of carbonyl (C=O) groups excluding carboxylic acids is 2. The molecule has 2 aromatic rings. The lowest BCUT2D eigenvalue weighted by Gasteiger charge is -2.18. The molecule has 23 heavy (non-hydrogen) atoms. The van der Waals surface area contributed by atoms with Gasteiger partial charge in [-0.2, -0.15) is 0 Å². The van der Waals surface area contributed by atoms with Crippen LogP contribution in [0.5, 0.6) is 0 Å². The molecule has 1 aliphatic heterocycles. The Morgan fingerprint density at radius 3 is 2.48 bits per heavy atom. The third kappa shape index (κ3) is 3.11. The Morgan fingerprint density at radius 2 is 1.78 bits per heavy atom. The summed E-state index contributed by atoms with van der Waals surface area (Å²) in [4.78, 5) is 24.8. The van der Waals surface area contributed by atoms with Crippen molar-refractivity contribution in [2.45, 2.75) is 19.8 Å². The maximum absolute atomic E-state index is 12.7. The molecule has 1 saturated heterocycles. The van der Waals surface area contributed by atoms with Crippen molar-refractivity contribution in [1.29, 1.82) is 0 Å². The number of benzene rings is 2. The first-order valence-corrected chi connectivity index (χ1v) is 7.77. The van der Waals surface area contributed by atoms with Crippen molar-refractivity contribution in [3.63, 3.8) is 0 Å². The van der Waals surface area contributed by atoms with Crippen molar-refractivity contribution in [1.82, 2.24) is 5.32 Å². The van der Waals surface area contributed by atoms with Crippen LogP contribution in [0.4, 0.5) is 5.69 Å². The van der Waals surface area contributed by atoms with Gasteiger partial charge in [-0.05, 0) is 31.0 Å². The van der Waals surface area contributed by atoms with Crippen molar-refractivity contribution in [2.24, 2.45) is 5.92 Å². The quantitative estimate of drug-likeness (QED) is 0.857. The van der Waals surface area contributed by atoms with Gasteiger partial charge in [-0.3, -0.25) is 9.59 Å². The van der Waals surface area contributed by atoms with E-state index in [1.165, 1.54) is 0 Å². The smallest absolute Gasteiger partial charge is 0.237 e. The fourth-order valence-corrected chi connectivity index (χ4v) is 2.97. The Balaban J connectivity index is 1.83. The standard InChI is InChI=1S/C19H20N2O2/c1-12-7-9-14(10-8-12)15-11-20-18(22)17(15)19(23)21-16-6-4-3-5-13(16)2/h3-10,15,17H,11H2,1-2H3,(H,20,22)(H,21,23). The summed E-state index contributed by atoms with van der Waals surface area (Å²) in [5.41, 5.74) is 3.90. The van der Waals surface area contributed by atoms with Crippen LogP contribution in [0.1, 0.15) is 22.6 Å². The van der Waals surface area contributed by atoms with Gasteiger partial charge in [-0.1, -0.05) is 48.0 Å². The van der Waals surface area contributed by atoms with Gasteiger partial charge in [-0.15, -0.1) is 0 Å². The molecule has 2 aromatic carbocycles. The number of aryl methyl sites for hydroxylation is 2. The number of para-hydroxylation sites is 1. The molecule has 2 atom stereocenters. The number of rotatable bonds is 3. The number of carbonyl (C=O) groups is 2. The molecule has 1 heterocycles. The van der Waals surface area contributed by atoms with Crippen molar-refractivity contribution in [3.05, 3.63) is 65.2 Å². The van der Waals surface area contributed by atoms with Gasteiger partial charge < -0.3 is 10.6 Å². The van der Waals surface area contributed by atoms with E-state index in [9.17, 15) is 9.59 Å². The van der Waals surface area contributed by atoms with Gasteiger partial charge in [0.1, 0.15) is 5.92 Å². The van der Waals surface area contributed by atoms with Crippen LogP contribution in [0.2, 0.25) is 0 Å². The largest absolute Gasteiger partial charge is 0.355 e. The Hall–Kier alpha value is -2.62. The van der Waals surface area contributed by atoms with Gasteiger partial charge in [0, 0.05) is 18.2 Å². The van der Waals surface area contributed by atoms with Gasteiger partial charge in [0.05, 0.1) is 0 Å². The molecule has 4 heteroatoms. The molecular weight excluding hydrogens is 288 g/mol. The fraction of sp³-hybridized carbons (Fsp3) is 0.263. The molecule has 0 radical (unpaired) electrons. The first kappa shape index (κ1) is 15.3. The van der Waals surface area contributed by atoms with E-state index in [0.29, 0.717) is 6.54 Å². The molecule has 4 nitrogen and oxygen atoms in total. The highest BCUT2D eigenvalue weighted by molar-refractivity contribution is 6.08. The molecule has 0 saturated carbocycles. The fourth-order valence-electron chi connectivity index (χ4n) is 2.97. The highest BCUT2D eigenvalue weighted by Crippen LogP contribution is 2.30. The number of hydrogen-bond acceptors (Lipinski definition) is 2. The van der Waals surface area contributed by atoms with E-state index in [0.717, 1.165) is 22.4 Å². The minimum absolute atomic E-state index is 0.132. The van der Waals surface area contributed by atoms with Gasteiger partial charge in [0.25, 0.3) is 0 Å². The topological polar surface area (TPSA) is 58.2 Å². The average molecular weight is 308 g/mol. The van der Waals surface area contributed by atoms with Gasteiger partial charge in [0.15, 0.2) is 0 Å². The highest BCUT2D eigenvalue weighted by atomic mass is 16.2. The summed E-state index contributed by atoms with van der Waals surface area (Å²) in [6.45, 7) is 4.44. The van der Waals surface area contributed by atoms with Crippen LogP contribution in [0, 0.1) is 19.8 Å². The van der Waals surface area contributed by atoms with Crippen LogP contribution < -0.4 is 10.6 Å². The summed E-state index contributed by atoms with van der Waals surface area (Å²) in [6.07, 6.45) is 0. The average Bonchev–Trinajstić information content (AvgIpc) is 2.92. The molecule has 2 amide bonds. The Labute approximate surface area is 135 Å². The summed E-state index contributed by atoms with van der Waals surface area (Å²) in [5, 5.41) is 5.71. The van der Waals surface area contributed by atoms with Crippen molar-refractivity contribution < 1.29 is 9.59 Å². The number of amides is 2. The molecule has 1 aliphatic rings. The van der Waals surface area contributed by atoms with Crippen molar-refractivity contribution >= 4 is 17.5 Å². The molecule has 0 spiro atoms. The predicted molar refractivity (Wildman–Crippen MR) is 90.2 cm³/mol. The molecule has 2 N–H and O–H groups in total. The first-order valence-electron chi connectivity index (χ1n) is 7.77. The van der Waals surface area contributed by atoms with Crippen molar-refractivity contribution in [2.75, 3.05) is 11.9 Å². The highest BCUT2D eigenvalue weighted by Gasteiger charge is 2.41. The zero-order valence-corrected chi connectivity index (χ0v) is 13.3. The van der Waals surface area contributed by atoms with Crippen LogP contribution in [0.25, 0.3) is 0 Å². The summed E-state index contributed by atoms with van der Waals surface area (Å²) in [5.74, 6) is -1.29. The maximum Gasteiger partial charge on any atom is 0.237 e. The van der Waals surface area contributed by atoms with Crippen LogP contribution in [-0.2, 0) is 9.59 Å². The molecule has 3 rings (SSSR count). The summed E-state index contributed by atoms with van der Waals surface area (Å²) in [6, 6.07) is 15.6. The Kier molecular flexibility index (Phi) is 4.15. The second-order valence-electron chi connectivity index (χ2n) is 6.04. The number of anilines is 1. The second-order valence-corrected chi connectivity index (χ2v) is 6.04. The normalized spacial score (nSPS) is 20.2. The Bertz CT molecular complexity index is 737. The second kappa shape index (κ2) is 6.24. The first-order chi connectivity index (χ1) is 11.1. The zero-order valence-electron chi connectivity index (χ0n) is 13.3. The van der Waals surface area contributed by atoms with Gasteiger partial charge >= 0.3 is 0 Å². The third-order valence-corrected chi connectivity index (χ3v) is 4.37. The van der Waals surface area contributed by atoms with E-state index in [1.807, 2.05) is 62.4 Å². The minimum atomic E-state index is -0.697. The lowest BCUT2D eigenvalue weighted by atomic mass is 9.87. The van der Waals surface area contributed by atoms with E-state index in [1.54, 1.807) is 0 Å². The Morgan fingerprint density at radius 1 is 1.09 bits per heavy atom. The summed E-state index contributed by atoms with van der Waals surface area (Å²) in [7, 11) is 0. The molecular formula is C19H20N2O2. The number of nitrogens with one attached hydrogen (secondary N) is 2. The van der Waals surface area contributed by atoms with Gasteiger partial charge in [-0.25, -0.2) is 0 Å². The SMILES string of the molecule is Cc1ccc(C2CNC(=O)C2C(=O)Nc2ccccc2C)cc1.